The van der Waals surface area contributed by atoms with Crippen LogP contribution in [0.5, 0.6) is 5.88 Å². The van der Waals surface area contributed by atoms with E-state index in [0.29, 0.717) is 12.5 Å². The zero-order valence-corrected chi connectivity index (χ0v) is 9.77. The largest absolute Gasteiger partial charge is 0.474 e. The number of aromatic nitrogens is 3. The van der Waals surface area contributed by atoms with Gasteiger partial charge in [0.05, 0.1) is 5.69 Å². The van der Waals surface area contributed by atoms with Gasteiger partial charge in [0.25, 0.3) is 0 Å². The molecular weight excluding hydrogens is 204 g/mol. The maximum Gasteiger partial charge on any atom is 0.240 e. The normalized spacial score (nSPS) is 12.0. The molecule has 2 rings (SSSR count). The molecule has 0 aliphatic carbocycles. The van der Waals surface area contributed by atoms with Crippen molar-refractivity contribution in [2.45, 2.75) is 26.3 Å². The fraction of sp³-hybridized carbons (Fsp3) is 0.455. The lowest BCUT2D eigenvalue weighted by atomic mass is 10.1. The molecule has 0 bridgehead atoms. The van der Waals surface area contributed by atoms with Crippen LogP contribution in [0.3, 0.4) is 0 Å². The zero-order chi connectivity index (χ0) is 11.8. The molecule has 0 aromatic carbocycles. The molecule has 0 radical (unpaired) electrons. The Morgan fingerprint density at radius 1 is 1.50 bits per heavy atom. The Kier molecular flexibility index (Phi) is 2.55. The molecule has 86 valence electrons. The summed E-state index contributed by atoms with van der Waals surface area (Å²) >= 11 is 0. The molecule has 0 saturated heterocycles. The van der Waals surface area contributed by atoms with E-state index in [1.807, 2.05) is 26.8 Å². The minimum atomic E-state index is -0.371. The van der Waals surface area contributed by atoms with Crippen molar-refractivity contribution < 1.29 is 4.74 Å². The van der Waals surface area contributed by atoms with Gasteiger partial charge in [-0.3, -0.25) is 0 Å². The molecule has 2 heterocycles. The predicted molar refractivity (Wildman–Crippen MR) is 61.5 cm³/mol. The van der Waals surface area contributed by atoms with Crippen LogP contribution < -0.4 is 10.5 Å². The summed E-state index contributed by atoms with van der Waals surface area (Å²) in [6.07, 6.45) is 3.46. The first kappa shape index (κ1) is 10.9. The van der Waals surface area contributed by atoms with Crippen LogP contribution in [0.2, 0.25) is 0 Å². The summed E-state index contributed by atoms with van der Waals surface area (Å²) < 4.78 is 7.35. The Bertz CT molecular complexity index is 498. The molecule has 5 heteroatoms. The van der Waals surface area contributed by atoms with Crippen LogP contribution >= 0.6 is 0 Å². The van der Waals surface area contributed by atoms with Gasteiger partial charge in [-0.15, -0.1) is 0 Å². The minimum Gasteiger partial charge on any atom is -0.474 e. The molecule has 0 aliphatic rings. The van der Waals surface area contributed by atoms with Crippen LogP contribution in [0, 0.1) is 6.92 Å². The number of nitrogens with two attached hydrogens (primary N) is 1. The van der Waals surface area contributed by atoms with E-state index in [9.17, 15) is 0 Å². The second-order valence-electron chi connectivity index (χ2n) is 4.63. The molecule has 2 aromatic rings. The minimum absolute atomic E-state index is 0.371. The first-order valence-corrected chi connectivity index (χ1v) is 5.18. The Morgan fingerprint density at radius 2 is 2.25 bits per heavy atom. The molecule has 0 fully saturated rings. The van der Waals surface area contributed by atoms with Crippen molar-refractivity contribution in [3.63, 3.8) is 0 Å². The molecule has 2 N–H and O–H groups in total. The zero-order valence-electron chi connectivity index (χ0n) is 9.77. The Morgan fingerprint density at radius 3 is 2.94 bits per heavy atom. The van der Waals surface area contributed by atoms with E-state index >= 15 is 0 Å². The summed E-state index contributed by atoms with van der Waals surface area (Å²) in [6.45, 7) is 6.18. The lowest BCUT2D eigenvalue weighted by molar-refractivity contribution is 0.237. The van der Waals surface area contributed by atoms with Crippen LogP contribution in [0.4, 0.5) is 0 Å². The van der Waals surface area contributed by atoms with Gasteiger partial charge in [0.1, 0.15) is 12.1 Å². The molecule has 16 heavy (non-hydrogen) atoms. The van der Waals surface area contributed by atoms with Crippen molar-refractivity contribution in [3.8, 4) is 5.88 Å². The van der Waals surface area contributed by atoms with E-state index in [0.717, 1.165) is 11.2 Å². The second-order valence-corrected chi connectivity index (χ2v) is 4.63. The molecule has 0 unspecified atom stereocenters. The third kappa shape index (κ3) is 2.30. The van der Waals surface area contributed by atoms with E-state index in [1.54, 1.807) is 16.9 Å². The number of aryl methyl sites for hydroxylation is 1. The maximum atomic E-state index is 5.86. The Balaban J connectivity index is 2.30. The molecule has 0 saturated carbocycles. The number of fused-ring (bicyclic) bond motifs is 1. The summed E-state index contributed by atoms with van der Waals surface area (Å²) in [4.78, 5) is 4.18. The summed E-state index contributed by atoms with van der Waals surface area (Å²) in [6, 6.07) is 1.94. The first-order valence-electron chi connectivity index (χ1n) is 5.18. The fourth-order valence-corrected chi connectivity index (χ4v) is 1.39. The third-order valence-electron chi connectivity index (χ3n) is 2.06. The van der Waals surface area contributed by atoms with Crippen LogP contribution in [-0.4, -0.2) is 26.7 Å². The van der Waals surface area contributed by atoms with Crippen LogP contribution in [0.25, 0.3) is 5.52 Å². The quantitative estimate of drug-likeness (QED) is 0.842. The molecule has 5 nitrogen and oxygen atoms in total. The van der Waals surface area contributed by atoms with Crippen molar-refractivity contribution in [2.24, 2.45) is 5.73 Å². The molecule has 0 amide bonds. The maximum absolute atomic E-state index is 5.86. The lowest BCUT2D eigenvalue weighted by Gasteiger charge is -2.18. The monoisotopic (exact) mass is 220 g/mol. The number of rotatable bonds is 3. The smallest absolute Gasteiger partial charge is 0.240 e. The van der Waals surface area contributed by atoms with Gasteiger partial charge in [-0.2, -0.15) is 5.10 Å². The van der Waals surface area contributed by atoms with Gasteiger partial charge in [0.2, 0.25) is 5.88 Å². The van der Waals surface area contributed by atoms with Crippen LogP contribution in [0.15, 0.2) is 18.5 Å². The molecular formula is C11H16N4O. The highest BCUT2D eigenvalue weighted by Crippen LogP contribution is 2.17. The highest BCUT2D eigenvalue weighted by Gasteiger charge is 2.14. The van der Waals surface area contributed by atoms with Gasteiger partial charge >= 0.3 is 0 Å². The van der Waals surface area contributed by atoms with E-state index in [4.69, 9.17) is 10.5 Å². The average molecular weight is 220 g/mol. The van der Waals surface area contributed by atoms with Gasteiger partial charge in [-0.25, -0.2) is 9.50 Å². The third-order valence-corrected chi connectivity index (χ3v) is 2.06. The van der Waals surface area contributed by atoms with Crippen molar-refractivity contribution in [1.82, 2.24) is 14.6 Å². The molecule has 0 aliphatic heterocycles. The summed E-state index contributed by atoms with van der Waals surface area (Å²) in [5.74, 6) is 0.571. The molecule has 0 atom stereocenters. The standard InChI is InChI=1S/C11H16N4O/c1-8-6-9-10(16-7-11(2,3)12)13-4-5-15(9)14-8/h4-6H,7,12H2,1-3H3. The van der Waals surface area contributed by atoms with Gasteiger partial charge in [-0.1, -0.05) is 0 Å². The van der Waals surface area contributed by atoms with Gasteiger partial charge in [-0.05, 0) is 26.8 Å². The van der Waals surface area contributed by atoms with Gasteiger partial charge < -0.3 is 10.5 Å². The topological polar surface area (TPSA) is 65.4 Å². The molecule has 2 aromatic heterocycles. The highest BCUT2D eigenvalue weighted by atomic mass is 16.5. The SMILES string of the molecule is Cc1cc2c(OCC(C)(C)N)nccn2n1. The number of ether oxygens (including phenoxy) is 1. The van der Waals surface area contributed by atoms with Crippen LogP contribution in [0.1, 0.15) is 19.5 Å². The second kappa shape index (κ2) is 3.75. The number of nitrogens with zero attached hydrogens (tertiary/aromatic N) is 3. The Labute approximate surface area is 94.2 Å². The Hall–Kier alpha value is -1.62. The molecule has 0 spiro atoms. The predicted octanol–water partition coefficient (Wildman–Crippen LogP) is 1.15. The first-order chi connectivity index (χ1) is 7.46. The average Bonchev–Trinajstić information content (AvgIpc) is 2.54. The van der Waals surface area contributed by atoms with Gasteiger partial charge in [0, 0.05) is 17.9 Å². The number of hydrogen-bond donors (Lipinski definition) is 1. The van der Waals surface area contributed by atoms with E-state index in [-0.39, 0.29) is 5.54 Å². The lowest BCUT2D eigenvalue weighted by Crippen LogP contribution is -2.38. The van der Waals surface area contributed by atoms with E-state index in [1.165, 1.54) is 0 Å². The van der Waals surface area contributed by atoms with Crippen LogP contribution in [-0.2, 0) is 0 Å². The van der Waals surface area contributed by atoms with Crippen molar-refractivity contribution in [2.75, 3.05) is 6.61 Å². The summed E-state index contributed by atoms with van der Waals surface area (Å²) in [5, 5.41) is 4.28. The van der Waals surface area contributed by atoms with E-state index in [2.05, 4.69) is 10.1 Å². The van der Waals surface area contributed by atoms with E-state index < -0.39 is 0 Å². The van der Waals surface area contributed by atoms with Crippen molar-refractivity contribution >= 4 is 5.52 Å². The summed E-state index contributed by atoms with van der Waals surface area (Å²) in [7, 11) is 0. The van der Waals surface area contributed by atoms with Crippen molar-refractivity contribution in [1.29, 1.82) is 0 Å². The summed E-state index contributed by atoms with van der Waals surface area (Å²) in [5.41, 5.74) is 7.29. The highest BCUT2D eigenvalue weighted by molar-refractivity contribution is 5.56. The van der Waals surface area contributed by atoms with Gasteiger partial charge in [0.15, 0.2) is 0 Å². The fourth-order valence-electron chi connectivity index (χ4n) is 1.39. The number of hydrogen-bond acceptors (Lipinski definition) is 4. The van der Waals surface area contributed by atoms with Crippen molar-refractivity contribution in [3.05, 3.63) is 24.2 Å².